The van der Waals surface area contributed by atoms with Crippen molar-refractivity contribution in [1.29, 1.82) is 0 Å². The molecule has 5 heterocycles. The first-order valence-electron chi connectivity index (χ1n) is 9.90. The summed E-state index contributed by atoms with van der Waals surface area (Å²) < 4.78 is 23.1. The van der Waals surface area contributed by atoms with E-state index in [0.717, 1.165) is 0 Å². The molecule has 3 saturated heterocycles. The van der Waals surface area contributed by atoms with Crippen molar-refractivity contribution in [2.75, 3.05) is 0 Å². The Hall–Kier alpha value is -1.58. The molecule has 0 aromatic rings. The van der Waals surface area contributed by atoms with Crippen LogP contribution in [0.15, 0.2) is 23.0 Å². The zero-order chi connectivity index (χ0) is 19.3. The molecular weight excluding hydrogens is 368 g/mol. The van der Waals surface area contributed by atoms with Crippen LogP contribution in [0, 0.1) is 17.3 Å². The molecule has 8 rings (SSSR count). The van der Waals surface area contributed by atoms with E-state index in [1.807, 2.05) is 13.8 Å². The van der Waals surface area contributed by atoms with Crippen molar-refractivity contribution in [3.63, 3.8) is 0 Å². The van der Waals surface area contributed by atoms with Gasteiger partial charge in [-0.1, -0.05) is 0 Å². The van der Waals surface area contributed by atoms with Crippen molar-refractivity contribution in [2.24, 2.45) is 17.3 Å². The Kier molecular flexibility index (Phi) is 2.67. The fourth-order valence-electron chi connectivity index (χ4n) is 6.86. The number of rotatable bonds is 0. The second-order valence-electron chi connectivity index (χ2n) is 9.09. The van der Waals surface area contributed by atoms with E-state index in [9.17, 15) is 19.8 Å². The van der Waals surface area contributed by atoms with Gasteiger partial charge in [-0.05, 0) is 19.4 Å². The van der Waals surface area contributed by atoms with Gasteiger partial charge in [0, 0.05) is 23.0 Å². The molecule has 148 valence electrons. The molecule has 8 nitrogen and oxygen atoms in total. The van der Waals surface area contributed by atoms with Crippen LogP contribution in [0.2, 0.25) is 0 Å². The predicted octanol–water partition coefficient (Wildman–Crippen LogP) is -0.973. The van der Waals surface area contributed by atoms with Gasteiger partial charge < -0.3 is 29.2 Å². The summed E-state index contributed by atoms with van der Waals surface area (Å²) in [7, 11) is 0. The van der Waals surface area contributed by atoms with Gasteiger partial charge in [0.1, 0.15) is 36.6 Å². The van der Waals surface area contributed by atoms with Gasteiger partial charge in [-0.25, -0.2) is 0 Å². The second-order valence-corrected chi connectivity index (χ2v) is 9.09. The van der Waals surface area contributed by atoms with Crippen molar-refractivity contribution in [2.45, 2.75) is 68.8 Å². The molecule has 3 aliphatic carbocycles. The molecule has 12 unspecified atom stereocenters. The topological polar surface area (TPSA) is 118 Å². The Bertz CT molecular complexity index is 921. The van der Waals surface area contributed by atoms with Crippen LogP contribution in [0.1, 0.15) is 13.8 Å². The molecular formula is C20H20O8. The molecule has 0 aromatic heterocycles. The van der Waals surface area contributed by atoms with Crippen molar-refractivity contribution in [1.82, 2.24) is 0 Å². The molecule has 4 fully saturated rings. The van der Waals surface area contributed by atoms with Crippen LogP contribution in [0.5, 0.6) is 0 Å². The van der Waals surface area contributed by atoms with E-state index in [1.165, 1.54) is 6.26 Å². The van der Waals surface area contributed by atoms with Gasteiger partial charge >= 0.3 is 0 Å². The SMILES string of the molecule is CC1OC2C3=C(C(=O)C4OC4C3O)C1C1C(C)OC=C3C(O)C4OC4C(=O)C321. The lowest BCUT2D eigenvalue weighted by Crippen LogP contribution is -2.72. The van der Waals surface area contributed by atoms with Crippen molar-refractivity contribution >= 4 is 11.6 Å². The largest absolute Gasteiger partial charge is 0.498 e. The fourth-order valence-corrected chi connectivity index (χ4v) is 6.86. The Morgan fingerprint density at radius 3 is 2.46 bits per heavy atom. The summed E-state index contributed by atoms with van der Waals surface area (Å²) in [6.45, 7) is 3.77. The standard InChI is InChI=1S/C20H20O8/c1-4-7-8-9(13(23)16-15(27-16)12(8)22)19(26-4)20-6(3-25-5(2)10(7)20)11(21)14-17(28-14)18(20)24/h3-5,7,10-11,13-17,19,21,23H,1-2H3. The monoisotopic (exact) mass is 388 g/mol. The Morgan fingerprint density at radius 2 is 1.68 bits per heavy atom. The first-order chi connectivity index (χ1) is 13.4. The highest BCUT2D eigenvalue weighted by molar-refractivity contribution is 6.06. The third-order valence-electron chi connectivity index (χ3n) is 8.00. The van der Waals surface area contributed by atoms with E-state index in [1.54, 1.807) is 0 Å². The summed E-state index contributed by atoms with van der Waals surface area (Å²) in [6, 6.07) is 0. The number of carbonyl (C=O) groups is 2. The highest BCUT2D eigenvalue weighted by atomic mass is 16.6. The lowest BCUT2D eigenvalue weighted by atomic mass is 9.45. The minimum absolute atomic E-state index is 0.113. The van der Waals surface area contributed by atoms with Crippen molar-refractivity contribution in [3.05, 3.63) is 23.0 Å². The van der Waals surface area contributed by atoms with Crippen molar-refractivity contribution < 1.29 is 38.7 Å². The molecule has 0 amide bonds. The number of carbonyl (C=O) groups excluding carboxylic acids is 2. The molecule has 28 heavy (non-hydrogen) atoms. The lowest BCUT2D eigenvalue weighted by Gasteiger charge is -2.63. The van der Waals surface area contributed by atoms with Gasteiger partial charge in [-0.15, -0.1) is 0 Å². The average molecular weight is 388 g/mol. The number of ether oxygens (including phenoxy) is 4. The zero-order valence-corrected chi connectivity index (χ0v) is 15.3. The lowest BCUT2D eigenvalue weighted by molar-refractivity contribution is -0.210. The number of Topliss-reactive ketones (excluding diaryl/α,β-unsaturated/α-hetero) is 2. The van der Waals surface area contributed by atoms with Crippen molar-refractivity contribution in [3.8, 4) is 0 Å². The Balaban J connectivity index is 1.52. The van der Waals surface area contributed by atoms with E-state index in [4.69, 9.17) is 18.9 Å². The minimum atomic E-state index is -1.19. The minimum Gasteiger partial charge on any atom is -0.498 e. The molecule has 2 bridgehead atoms. The molecule has 2 N–H and O–H groups in total. The number of aliphatic hydroxyl groups excluding tert-OH is 2. The Morgan fingerprint density at radius 1 is 0.964 bits per heavy atom. The highest BCUT2D eigenvalue weighted by Gasteiger charge is 2.78. The van der Waals surface area contributed by atoms with E-state index in [-0.39, 0.29) is 29.7 Å². The average Bonchev–Trinajstić information content (AvgIpc) is 3.57. The van der Waals surface area contributed by atoms with E-state index in [0.29, 0.717) is 16.7 Å². The molecule has 8 aliphatic rings. The van der Waals surface area contributed by atoms with Gasteiger partial charge in [0.25, 0.3) is 0 Å². The molecule has 1 spiro atoms. The first-order valence-corrected chi connectivity index (χ1v) is 9.90. The van der Waals surface area contributed by atoms with Crippen LogP contribution in [0.4, 0.5) is 0 Å². The van der Waals surface area contributed by atoms with Crippen LogP contribution >= 0.6 is 0 Å². The van der Waals surface area contributed by atoms with E-state index < -0.39 is 54.1 Å². The molecule has 1 saturated carbocycles. The molecule has 8 heteroatoms. The number of ketones is 2. The maximum Gasteiger partial charge on any atom is 0.190 e. The number of aliphatic hydroxyl groups is 2. The van der Waals surface area contributed by atoms with Crippen LogP contribution in [-0.4, -0.2) is 76.7 Å². The third kappa shape index (κ3) is 1.47. The van der Waals surface area contributed by atoms with Crippen LogP contribution < -0.4 is 0 Å². The summed E-state index contributed by atoms with van der Waals surface area (Å²) >= 11 is 0. The highest BCUT2D eigenvalue weighted by Crippen LogP contribution is 2.67. The second kappa shape index (κ2) is 4.60. The maximum absolute atomic E-state index is 13.7. The number of epoxide rings is 2. The smallest absolute Gasteiger partial charge is 0.190 e. The summed E-state index contributed by atoms with van der Waals surface area (Å²) in [5.74, 6) is -1.05. The summed E-state index contributed by atoms with van der Waals surface area (Å²) in [4.78, 5) is 26.7. The summed E-state index contributed by atoms with van der Waals surface area (Å²) in [6.07, 6.45) is -4.40. The normalized spacial score (nSPS) is 60.0. The number of fused-ring (bicyclic) bond motifs is 3. The zero-order valence-electron chi connectivity index (χ0n) is 15.3. The number of hydrogen-bond donors (Lipinski definition) is 2. The maximum atomic E-state index is 13.7. The van der Waals surface area contributed by atoms with Gasteiger partial charge in [0.05, 0.1) is 30.0 Å². The summed E-state index contributed by atoms with van der Waals surface area (Å²) in [5, 5.41) is 21.8. The number of hydrogen-bond acceptors (Lipinski definition) is 8. The van der Waals surface area contributed by atoms with Gasteiger partial charge in [-0.2, -0.15) is 0 Å². The van der Waals surface area contributed by atoms with E-state index in [2.05, 4.69) is 0 Å². The van der Waals surface area contributed by atoms with Gasteiger partial charge in [0.2, 0.25) is 0 Å². The first kappa shape index (κ1) is 16.2. The van der Waals surface area contributed by atoms with Gasteiger partial charge in [0.15, 0.2) is 11.6 Å². The summed E-state index contributed by atoms with van der Waals surface area (Å²) in [5.41, 5.74) is 0.269. The van der Waals surface area contributed by atoms with Crippen LogP contribution in [0.25, 0.3) is 0 Å². The van der Waals surface area contributed by atoms with Crippen LogP contribution in [-0.2, 0) is 28.5 Å². The third-order valence-corrected chi connectivity index (χ3v) is 8.00. The quantitative estimate of drug-likeness (QED) is 0.509. The predicted molar refractivity (Wildman–Crippen MR) is 88.8 cm³/mol. The molecule has 0 radical (unpaired) electrons. The van der Waals surface area contributed by atoms with Gasteiger partial charge in [-0.3, -0.25) is 9.59 Å². The fraction of sp³-hybridized carbons (Fsp3) is 0.700. The Labute approximate surface area is 160 Å². The molecule has 0 aromatic carbocycles. The van der Waals surface area contributed by atoms with E-state index >= 15 is 0 Å². The molecule has 12 atom stereocenters. The van der Waals surface area contributed by atoms with Crippen LogP contribution in [0.3, 0.4) is 0 Å². The molecule has 5 aliphatic heterocycles.